The van der Waals surface area contributed by atoms with Crippen LogP contribution in [0, 0.1) is 5.82 Å². The SMILES string of the molecule is CC(C)(C)c1ccc(Nc2nncc(Nc3ccc(F)c(Cl)c3)n2)cc1. The quantitative estimate of drug-likeness (QED) is 0.638. The maximum absolute atomic E-state index is 13.2. The Morgan fingerprint density at radius 2 is 1.65 bits per heavy atom. The average Bonchev–Trinajstić information content (AvgIpc) is 2.58. The van der Waals surface area contributed by atoms with Crippen molar-refractivity contribution in [1.82, 2.24) is 15.2 Å². The van der Waals surface area contributed by atoms with E-state index in [0.29, 0.717) is 17.5 Å². The summed E-state index contributed by atoms with van der Waals surface area (Å²) in [4.78, 5) is 4.35. The Kier molecular flexibility index (Phi) is 5.04. The second-order valence-corrected chi connectivity index (χ2v) is 7.28. The lowest BCUT2D eigenvalue weighted by atomic mass is 9.87. The number of nitrogens with zero attached hydrogens (tertiary/aromatic N) is 3. The zero-order valence-corrected chi connectivity index (χ0v) is 15.5. The molecule has 0 atom stereocenters. The minimum absolute atomic E-state index is 0.0364. The smallest absolute Gasteiger partial charge is 0.249 e. The van der Waals surface area contributed by atoms with Crippen LogP contribution < -0.4 is 10.6 Å². The molecular weight excluding hydrogens is 353 g/mol. The van der Waals surface area contributed by atoms with Crippen LogP contribution in [0.15, 0.2) is 48.7 Å². The monoisotopic (exact) mass is 371 g/mol. The summed E-state index contributed by atoms with van der Waals surface area (Å²) < 4.78 is 13.2. The van der Waals surface area contributed by atoms with E-state index in [1.54, 1.807) is 6.07 Å². The van der Waals surface area contributed by atoms with E-state index in [9.17, 15) is 4.39 Å². The summed E-state index contributed by atoms with van der Waals surface area (Å²) in [6.07, 6.45) is 1.48. The third-order valence-electron chi connectivity index (χ3n) is 3.76. The summed E-state index contributed by atoms with van der Waals surface area (Å²) in [6.45, 7) is 6.50. The number of nitrogens with one attached hydrogen (secondary N) is 2. The van der Waals surface area contributed by atoms with Crippen LogP contribution >= 0.6 is 11.6 Å². The molecule has 0 aliphatic heterocycles. The van der Waals surface area contributed by atoms with Crippen molar-refractivity contribution in [2.45, 2.75) is 26.2 Å². The molecule has 1 aromatic heterocycles. The van der Waals surface area contributed by atoms with Crippen LogP contribution in [-0.2, 0) is 5.41 Å². The average molecular weight is 372 g/mol. The van der Waals surface area contributed by atoms with Gasteiger partial charge in [-0.25, -0.2) is 4.39 Å². The van der Waals surface area contributed by atoms with Gasteiger partial charge in [-0.2, -0.15) is 10.1 Å². The third-order valence-corrected chi connectivity index (χ3v) is 4.05. The van der Waals surface area contributed by atoms with Gasteiger partial charge in [0.15, 0.2) is 5.82 Å². The number of aromatic nitrogens is 3. The van der Waals surface area contributed by atoms with Gasteiger partial charge in [-0.3, -0.25) is 0 Å². The first-order valence-electron chi connectivity index (χ1n) is 8.11. The number of anilines is 4. The highest BCUT2D eigenvalue weighted by atomic mass is 35.5. The number of halogens is 2. The molecule has 0 unspecified atom stereocenters. The predicted octanol–water partition coefficient (Wildman–Crippen LogP) is 5.45. The van der Waals surface area contributed by atoms with Gasteiger partial charge in [-0.05, 0) is 41.3 Å². The van der Waals surface area contributed by atoms with Crippen LogP contribution in [0.1, 0.15) is 26.3 Å². The molecule has 0 aliphatic rings. The van der Waals surface area contributed by atoms with Crippen molar-refractivity contribution < 1.29 is 4.39 Å². The highest BCUT2D eigenvalue weighted by Gasteiger charge is 2.13. The Labute approximate surface area is 156 Å². The molecular formula is C19H19ClFN5. The molecule has 0 saturated heterocycles. The van der Waals surface area contributed by atoms with E-state index in [0.717, 1.165) is 5.69 Å². The number of benzene rings is 2. The number of hydrogen-bond acceptors (Lipinski definition) is 5. The van der Waals surface area contributed by atoms with Crippen molar-refractivity contribution in [2.75, 3.05) is 10.6 Å². The maximum Gasteiger partial charge on any atom is 0.249 e. The Morgan fingerprint density at radius 3 is 2.31 bits per heavy atom. The molecule has 134 valence electrons. The lowest BCUT2D eigenvalue weighted by Crippen LogP contribution is -2.10. The second kappa shape index (κ2) is 7.25. The van der Waals surface area contributed by atoms with Crippen molar-refractivity contribution in [3.63, 3.8) is 0 Å². The van der Waals surface area contributed by atoms with Gasteiger partial charge in [0.1, 0.15) is 5.82 Å². The van der Waals surface area contributed by atoms with Crippen LogP contribution in [0.2, 0.25) is 5.02 Å². The molecule has 0 spiro atoms. The van der Waals surface area contributed by atoms with E-state index in [1.807, 2.05) is 12.1 Å². The normalized spacial score (nSPS) is 11.3. The third kappa shape index (κ3) is 4.46. The first-order chi connectivity index (χ1) is 12.3. The molecule has 5 nitrogen and oxygen atoms in total. The fraction of sp³-hybridized carbons (Fsp3) is 0.211. The molecule has 7 heteroatoms. The van der Waals surface area contributed by atoms with Gasteiger partial charge in [0, 0.05) is 11.4 Å². The summed E-state index contributed by atoms with van der Waals surface area (Å²) in [5, 5.41) is 14.1. The van der Waals surface area contributed by atoms with Crippen molar-refractivity contribution in [1.29, 1.82) is 0 Å². The largest absolute Gasteiger partial charge is 0.339 e. The maximum atomic E-state index is 13.2. The van der Waals surface area contributed by atoms with Crippen LogP contribution in [0.4, 0.5) is 27.5 Å². The summed E-state index contributed by atoms with van der Waals surface area (Å²) in [6, 6.07) is 12.4. The van der Waals surface area contributed by atoms with Crippen LogP contribution in [-0.4, -0.2) is 15.2 Å². The summed E-state index contributed by atoms with van der Waals surface area (Å²) >= 11 is 5.79. The highest BCUT2D eigenvalue weighted by molar-refractivity contribution is 6.31. The van der Waals surface area contributed by atoms with Gasteiger partial charge in [0.05, 0.1) is 11.2 Å². The molecule has 3 aromatic rings. The lowest BCUT2D eigenvalue weighted by molar-refractivity contribution is 0.590. The fourth-order valence-electron chi connectivity index (χ4n) is 2.32. The molecule has 2 aromatic carbocycles. The second-order valence-electron chi connectivity index (χ2n) is 6.87. The van der Waals surface area contributed by atoms with E-state index in [1.165, 1.54) is 23.9 Å². The van der Waals surface area contributed by atoms with Crippen molar-refractivity contribution in [3.05, 3.63) is 65.1 Å². The molecule has 3 rings (SSSR count). The highest BCUT2D eigenvalue weighted by Crippen LogP contribution is 2.25. The molecule has 0 fully saturated rings. The van der Waals surface area contributed by atoms with E-state index in [4.69, 9.17) is 11.6 Å². The van der Waals surface area contributed by atoms with Crippen molar-refractivity contribution in [3.8, 4) is 0 Å². The van der Waals surface area contributed by atoms with Crippen LogP contribution in [0.5, 0.6) is 0 Å². The van der Waals surface area contributed by atoms with Gasteiger partial charge in [-0.1, -0.05) is 44.5 Å². The standard InChI is InChI=1S/C19H19ClFN5/c1-19(2,3)12-4-6-13(7-5-12)24-18-25-17(11-22-26-18)23-14-8-9-16(21)15(20)10-14/h4-11H,1-3H3,(H2,23,24,25,26). The molecule has 0 radical (unpaired) electrons. The van der Waals surface area contributed by atoms with E-state index >= 15 is 0 Å². The summed E-state index contributed by atoms with van der Waals surface area (Å²) in [5.74, 6) is 0.349. The Morgan fingerprint density at radius 1 is 0.962 bits per heavy atom. The van der Waals surface area contributed by atoms with E-state index < -0.39 is 5.82 Å². The molecule has 0 bridgehead atoms. The molecule has 1 heterocycles. The van der Waals surface area contributed by atoms with Gasteiger partial charge in [0.2, 0.25) is 5.95 Å². The predicted molar refractivity (Wildman–Crippen MR) is 103 cm³/mol. The van der Waals surface area contributed by atoms with Crippen molar-refractivity contribution in [2.24, 2.45) is 0 Å². The van der Waals surface area contributed by atoms with Gasteiger partial charge < -0.3 is 10.6 Å². The molecule has 26 heavy (non-hydrogen) atoms. The number of hydrogen-bond donors (Lipinski definition) is 2. The topological polar surface area (TPSA) is 62.7 Å². The van der Waals surface area contributed by atoms with Gasteiger partial charge in [0.25, 0.3) is 0 Å². The van der Waals surface area contributed by atoms with Crippen LogP contribution in [0.3, 0.4) is 0 Å². The molecule has 2 N–H and O–H groups in total. The Balaban J connectivity index is 1.73. The van der Waals surface area contributed by atoms with E-state index in [-0.39, 0.29) is 10.4 Å². The van der Waals surface area contributed by atoms with Crippen molar-refractivity contribution >= 4 is 34.7 Å². The van der Waals surface area contributed by atoms with Gasteiger partial charge in [-0.15, -0.1) is 5.10 Å². The van der Waals surface area contributed by atoms with Gasteiger partial charge >= 0.3 is 0 Å². The van der Waals surface area contributed by atoms with Crippen LogP contribution in [0.25, 0.3) is 0 Å². The Bertz CT molecular complexity index is 907. The molecule has 0 saturated carbocycles. The number of rotatable bonds is 4. The molecule has 0 amide bonds. The van der Waals surface area contributed by atoms with E-state index in [2.05, 4.69) is 58.7 Å². The summed E-state index contributed by atoms with van der Waals surface area (Å²) in [7, 11) is 0. The minimum atomic E-state index is -0.473. The first-order valence-corrected chi connectivity index (χ1v) is 8.48. The Hall–Kier alpha value is -2.73. The minimum Gasteiger partial charge on any atom is -0.339 e. The zero-order valence-electron chi connectivity index (χ0n) is 14.7. The first kappa shape index (κ1) is 18.1. The fourth-order valence-corrected chi connectivity index (χ4v) is 2.50. The molecule has 0 aliphatic carbocycles. The lowest BCUT2D eigenvalue weighted by Gasteiger charge is -2.19. The zero-order chi connectivity index (χ0) is 18.7. The summed E-state index contributed by atoms with van der Waals surface area (Å²) in [5.41, 5.74) is 2.81.